The van der Waals surface area contributed by atoms with Crippen molar-refractivity contribution in [2.24, 2.45) is 11.8 Å². The Morgan fingerprint density at radius 2 is 2.10 bits per heavy atom. The van der Waals surface area contributed by atoms with E-state index in [1.807, 2.05) is 0 Å². The minimum Gasteiger partial charge on any atom is -0.288 e. The third kappa shape index (κ3) is 5.90. The first-order chi connectivity index (χ1) is 4.20. The maximum Gasteiger partial charge on any atom is 0.139 e. The predicted molar refractivity (Wildman–Crippen MR) is 44.6 cm³/mol. The SMILES string of the molecule is C#CC(CC(C)C)ON.Cl. The van der Waals surface area contributed by atoms with Gasteiger partial charge in [0.05, 0.1) is 0 Å². The highest BCUT2D eigenvalue weighted by molar-refractivity contribution is 5.85. The molecular weight excluding hydrogens is 150 g/mol. The molecular formula is C7H14ClNO. The van der Waals surface area contributed by atoms with Crippen LogP contribution < -0.4 is 5.90 Å². The molecule has 0 saturated heterocycles. The molecule has 0 spiro atoms. The van der Waals surface area contributed by atoms with Gasteiger partial charge in [-0.15, -0.1) is 18.8 Å². The summed E-state index contributed by atoms with van der Waals surface area (Å²) in [6.07, 6.45) is 5.69. The van der Waals surface area contributed by atoms with E-state index in [1.165, 1.54) is 0 Å². The molecule has 3 heteroatoms. The second-order valence-electron chi connectivity index (χ2n) is 2.42. The fourth-order valence-electron chi connectivity index (χ4n) is 0.591. The molecule has 0 aromatic rings. The summed E-state index contributed by atoms with van der Waals surface area (Å²) in [7, 11) is 0. The summed E-state index contributed by atoms with van der Waals surface area (Å²) in [5.74, 6) is 7.86. The minimum atomic E-state index is -0.218. The first kappa shape index (κ1) is 12.4. The second kappa shape index (κ2) is 6.88. The Morgan fingerprint density at radius 1 is 1.60 bits per heavy atom. The average molecular weight is 164 g/mol. The van der Waals surface area contributed by atoms with Crippen molar-refractivity contribution in [2.45, 2.75) is 26.4 Å². The van der Waals surface area contributed by atoms with Crippen LogP contribution in [0.3, 0.4) is 0 Å². The summed E-state index contributed by atoms with van der Waals surface area (Å²) in [6, 6.07) is 0. The molecule has 10 heavy (non-hydrogen) atoms. The smallest absolute Gasteiger partial charge is 0.139 e. The first-order valence-corrected chi connectivity index (χ1v) is 3.02. The minimum absolute atomic E-state index is 0. The normalized spacial score (nSPS) is 11.9. The Labute approximate surface area is 68.5 Å². The van der Waals surface area contributed by atoms with E-state index in [0.29, 0.717) is 5.92 Å². The molecule has 0 aliphatic carbocycles. The summed E-state index contributed by atoms with van der Waals surface area (Å²) in [6.45, 7) is 4.15. The van der Waals surface area contributed by atoms with E-state index in [0.717, 1.165) is 6.42 Å². The van der Waals surface area contributed by atoms with Crippen LogP contribution in [-0.2, 0) is 4.84 Å². The lowest BCUT2D eigenvalue weighted by atomic mass is 10.1. The van der Waals surface area contributed by atoms with Gasteiger partial charge in [0.2, 0.25) is 0 Å². The van der Waals surface area contributed by atoms with Gasteiger partial charge in [-0.25, -0.2) is 5.90 Å². The standard InChI is InChI=1S/C7H13NO.ClH/c1-4-7(9-8)5-6(2)3;/h1,6-7H,5,8H2,2-3H3;1H. The van der Waals surface area contributed by atoms with Gasteiger partial charge in [0, 0.05) is 0 Å². The highest BCUT2D eigenvalue weighted by atomic mass is 35.5. The zero-order valence-electron chi connectivity index (χ0n) is 6.33. The van der Waals surface area contributed by atoms with Gasteiger partial charge in [-0.3, -0.25) is 4.84 Å². The van der Waals surface area contributed by atoms with E-state index < -0.39 is 0 Å². The molecule has 1 unspecified atom stereocenters. The molecule has 0 heterocycles. The molecule has 0 saturated carbocycles. The Bertz CT molecular complexity index is 109. The maximum absolute atomic E-state index is 5.08. The van der Waals surface area contributed by atoms with Gasteiger partial charge < -0.3 is 0 Å². The number of nitrogens with two attached hydrogens (primary N) is 1. The Balaban J connectivity index is 0. The molecule has 2 nitrogen and oxygen atoms in total. The molecule has 0 radical (unpaired) electrons. The number of hydrogen-bond donors (Lipinski definition) is 1. The quantitative estimate of drug-likeness (QED) is 0.504. The average Bonchev–Trinajstić information content (AvgIpc) is 1.82. The lowest BCUT2D eigenvalue weighted by molar-refractivity contribution is 0.0785. The molecule has 0 aliphatic heterocycles. The fraction of sp³-hybridized carbons (Fsp3) is 0.714. The van der Waals surface area contributed by atoms with E-state index in [1.54, 1.807) is 0 Å². The van der Waals surface area contributed by atoms with Gasteiger partial charge >= 0.3 is 0 Å². The highest BCUT2D eigenvalue weighted by Gasteiger charge is 2.04. The van der Waals surface area contributed by atoms with Gasteiger partial charge in [-0.2, -0.15) is 0 Å². The first-order valence-electron chi connectivity index (χ1n) is 3.02. The van der Waals surface area contributed by atoms with Crippen molar-refractivity contribution in [2.75, 3.05) is 0 Å². The van der Waals surface area contributed by atoms with Gasteiger partial charge in [0.1, 0.15) is 6.10 Å². The molecule has 0 aromatic carbocycles. The molecule has 0 amide bonds. The van der Waals surface area contributed by atoms with E-state index in [9.17, 15) is 0 Å². The predicted octanol–water partition coefficient (Wildman–Crippen LogP) is 1.35. The van der Waals surface area contributed by atoms with Crippen molar-refractivity contribution in [3.05, 3.63) is 0 Å². The summed E-state index contributed by atoms with van der Waals surface area (Å²) >= 11 is 0. The number of terminal acetylenes is 1. The third-order valence-corrected chi connectivity index (χ3v) is 1.04. The molecule has 1 atom stereocenters. The van der Waals surface area contributed by atoms with Crippen molar-refractivity contribution in [3.63, 3.8) is 0 Å². The summed E-state index contributed by atoms with van der Waals surface area (Å²) < 4.78 is 0. The number of hydrogen-bond acceptors (Lipinski definition) is 2. The van der Waals surface area contributed by atoms with Crippen molar-refractivity contribution >= 4 is 12.4 Å². The Kier molecular flexibility index (Phi) is 8.57. The van der Waals surface area contributed by atoms with Crippen molar-refractivity contribution in [1.82, 2.24) is 0 Å². The molecule has 2 N–H and O–H groups in total. The summed E-state index contributed by atoms with van der Waals surface area (Å²) in [5, 5.41) is 0. The van der Waals surface area contributed by atoms with Crippen LogP contribution in [0.2, 0.25) is 0 Å². The van der Waals surface area contributed by atoms with Crippen molar-refractivity contribution in [3.8, 4) is 12.3 Å². The number of halogens is 1. The van der Waals surface area contributed by atoms with Gasteiger partial charge in [0.15, 0.2) is 0 Å². The lowest BCUT2D eigenvalue weighted by Crippen LogP contribution is -2.17. The highest BCUT2D eigenvalue weighted by Crippen LogP contribution is 2.04. The zero-order chi connectivity index (χ0) is 7.28. The molecule has 0 aromatic heterocycles. The Morgan fingerprint density at radius 3 is 2.20 bits per heavy atom. The second-order valence-corrected chi connectivity index (χ2v) is 2.42. The molecule has 60 valence electrons. The van der Waals surface area contributed by atoms with Crippen molar-refractivity contribution in [1.29, 1.82) is 0 Å². The van der Waals surface area contributed by atoms with Crippen LogP contribution in [-0.4, -0.2) is 6.10 Å². The van der Waals surface area contributed by atoms with Gasteiger partial charge in [-0.05, 0) is 12.3 Å². The van der Waals surface area contributed by atoms with Crippen LogP contribution in [0, 0.1) is 18.3 Å². The maximum atomic E-state index is 5.08. The van der Waals surface area contributed by atoms with Crippen LogP contribution in [0.5, 0.6) is 0 Å². The number of rotatable bonds is 3. The molecule has 0 rings (SSSR count). The van der Waals surface area contributed by atoms with E-state index >= 15 is 0 Å². The zero-order valence-corrected chi connectivity index (χ0v) is 7.15. The molecule has 0 fully saturated rings. The fourth-order valence-corrected chi connectivity index (χ4v) is 0.591. The monoisotopic (exact) mass is 163 g/mol. The van der Waals surface area contributed by atoms with Crippen LogP contribution in [0.4, 0.5) is 0 Å². The van der Waals surface area contributed by atoms with E-state index in [2.05, 4.69) is 24.6 Å². The van der Waals surface area contributed by atoms with Crippen LogP contribution in [0.1, 0.15) is 20.3 Å². The van der Waals surface area contributed by atoms with Gasteiger partial charge in [-0.1, -0.05) is 19.8 Å². The summed E-state index contributed by atoms with van der Waals surface area (Å²) in [4.78, 5) is 4.47. The molecule has 0 aliphatic rings. The van der Waals surface area contributed by atoms with Crippen LogP contribution in [0.25, 0.3) is 0 Å². The van der Waals surface area contributed by atoms with Gasteiger partial charge in [0.25, 0.3) is 0 Å². The van der Waals surface area contributed by atoms with Crippen molar-refractivity contribution < 1.29 is 4.84 Å². The van der Waals surface area contributed by atoms with E-state index in [4.69, 9.17) is 12.3 Å². The topological polar surface area (TPSA) is 35.2 Å². The third-order valence-electron chi connectivity index (χ3n) is 1.04. The molecule has 0 bridgehead atoms. The largest absolute Gasteiger partial charge is 0.288 e. The summed E-state index contributed by atoms with van der Waals surface area (Å²) in [5.41, 5.74) is 0. The van der Waals surface area contributed by atoms with E-state index in [-0.39, 0.29) is 18.5 Å². The van der Waals surface area contributed by atoms with Crippen LogP contribution >= 0.6 is 12.4 Å². The lowest BCUT2D eigenvalue weighted by Gasteiger charge is -2.08. The Hall–Kier alpha value is -0.230. The van der Waals surface area contributed by atoms with Crippen LogP contribution in [0.15, 0.2) is 0 Å².